The van der Waals surface area contributed by atoms with Gasteiger partial charge in [0.25, 0.3) is 0 Å². The Kier molecular flexibility index (Phi) is 4.84. The highest BCUT2D eigenvalue weighted by Crippen LogP contribution is 2.20. The van der Waals surface area contributed by atoms with Crippen LogP contribution in [0.1, 0.15) is 32.6 Å². The molecule has 1 nitrogen and oxygen atoms in total. The summed E-state index contributed by atoms with van der Waals surface area (Å²) in [6.45, 7) is 7.16. The van der Waals surface area contributed by atoms with Crippen molar-refractivity contribution in [1.29, 1.82) is 0 Å². The Balaban J connectivity index is 2.25. The van der Waals surface area contributed by atoms with Gasteiger partial charge in [-0.05, 0) is 31.7 Å². The summed E-state index contributed by atoms with van der Waals surface area (Å²) in [5.74, 6) is 0.948. The zero-order valence-electron chi connectivity index (χ0n) is 8.63. The first-order chi connectivity index (χ1) is 6.36. The standard InChI is InChI=1S/C12H21N/c1-3-5-6-7-12-10-11(4-2)8-9-13-12/h3,5-6,11-13H,1,4,7-10H2,2H3/b6-5-/t11-,12-/m1/s1. The molecule has 2 atom stereocenters. The van der Waals surface area contributed by atoms with Crippen molar-refractivity contribution in [2.45, 2.75) is 38.6 Å². The third-order valence-corrected chi connectivity index (χ3v) is 2.87. The van der Waals surface area contributed by atoms with E-state index in [-0.39, 0.29) is 0 Å². The fourth-order valence-electron chi connectivity index (χ4n) is 1.98. The minimum Gasteiger partial charge on any atom is -0.314 e. The zero-order chi connectivity index (χ0) is 9.52. The van der Waals surface area contributed by atoms with Crippen LogP contribution in [-0.2, 0) is 0 Å². The topological polar surface area (TPSA) is 12.0 Å². The van der Waals surface area contributed by atoms with Crippen LogP contribution >= 0.6 is 0 Å². The summed E-state index contributed by atoms with van der Waals surface area (Å²) in [7, 11) is 0. The molecule has 1 rings (SSSR count). The Bertz CT molecular complexity index is 172. The minimum atomic E-state index is 0.704. The lowest BCUT2D eigenvalue weighted by molar-refractivity contribution is 0.296. The van der Waals surface area contributed by atoms with Gasteiger partial charge in [0.15, 0.2) is 0 Å². The van der Waals surface area contributed by atoms with E-state index in [4.69, 9.17) is 0 Å². The van der Waals surface area contributed by atoms with Crippen LogP contribution in [0.25, 0.3) is 0 Å². The third-order valence-electron chi connectivity index (χ3n) is 2.87. The summed E-state index contributed by atoms with van der Waals surface area (Å²) in [4.78, 5) is 0. The van der Waals surface area contributed by atoms with E-state index in [1.807, 2.05) is 12.2 Å². The first-order valence-corrected chi connectivity index (χ1v) is 5.37. The molecule has 74 valence electrons. The summed E-state index contributed by atoms with van der Waals surface area (Å²) in [5, 5.41) is 3.56. The Hall–Kier alpha value is -0.560. The van der Waals surface area contributed by atoms with Crippen molar-refractivity contribution in [3.63, 3.8) is 0 Å². The Morgan fingerprint density at radius 2 is 2.38 bits per heavy atom. The molecule has 0 aromatic carbocycles. The van der Waals surface area contributed by atoms with E-state index in [0.717, 1.165) is 12.3 Å². The fourth-order valence-corrected chi connectivity index (χ4v) is 1.98. The summed E-state index contributed by atoms with van der Waals surface area (Å²) in [5.41, 5.74) is 0. The largest absolute Gasteiger partial charge is 0.314 e. The molecule has 1 aliphatic rings. The van der Waals surface area contributed by atoms with Gasteiger partial charge in [-0.2, -0.15) is 0 Å². The van der Waals surface area contributed by atoms with Crippen LogP contribution in [0.4, 0.5) is 0 Å². The molecule has 0 aliphatic carbocycles. The average Bonchev–Trinajstić information content (AvgIpc) is 2.19. The van der Waals surface area contributed by atoms with Crippen molar-refractivity contribution >= 4 is 0 Å². The lowest BCUT2D eigenvalue weighted by Crippen LogP contribution is -2.37. The van der Waals surface area contributed by atoms with E-state index in [9.17, 15) is 0 Å². The molecule has 0 saturated carbocycles. The highest BCUT2D eigenvalue weighted by Gasteiger charge is 2.18. The first-order valence-electron chi connectivity index (χ1n) is 5.37. The van der Waals surface area contributed by atoms with Crippen LogP contribution in [0.15, 0.2) is 24.8 Å². The van der Waals surface area contributed by atoms with E-state index in [1.54, 1.807) is 0 Å². The maximum absolute atomic E-state index is 3.67. The zero-order valence-corrected chi connectivity index (χ0v) is 8.63. The lowest BCUT2D eigenvalue weighted by Gasteiger charge is -2.29. The van der Waals surface area contributed by atoms with Crippen molar-refractivity contribution in [3.05, 3.63) is 24.8 Å². The van der Waals surface area contributed by atoms with Crippen LogP contribution in [0, 0.1) is 5.92 Å². The maximum Gasteiger partial charge on any atom is 0.0104 e. The molecule has 0 amide bonds. The van der Waals surface area contributed by atoms with Gasteiger partial charge in [-0.1, -0.05) is 38.2 Å². The molecule has 1 heterocycles. The number of allylic oxidation sites excluding steroid dienone is 2. The van der Waals surface area contributed by atoms with Gasteiger partial charge in [-0.25, -0.2) is 0 Å². The predicted octanol–water partition coefficient (Wildman–Crippen LogP) is 2.90. The van der Waals surface area contributed by atoms with E-state index in [1.165, 1.54) is 25.8 Å². The summed E-state index contributed by atoms with van der Waals surface area (Å²) in [6, 6.07) is 0.704. The second-order valence-electron chi connectivity index (χ2n) is 3.85. The van der Waals surface area contributed by atoms with Gasteiger partial charge in [-0.3, -0.25) is 0 Å². The van der Waals surface area contributed by atoms with Crippen LogP contribution in [-0.4, -0.2) is 12.6 Å². The van der Waals surface area contributed by atoms with E-state index >= 15 is 0 Å². The number of hydrogen-bond acceptors (Lipinski definition) is 1. The molecule has 0 aromatic heterocycles. The van der Waals surface area contributed by atoms with Crippen molar-refractivity contribution in [2.75, 3.05) is 6.54 Å². The van der Waals surface area contributed by atoms with E-state index < -0.39 is 0 Å². The van der Waals surface area contributed by atoms with Crippen molar-refractivity contribution in [3.8, 4) is 0 Å². The third kappa shape index (κ3) is 3.77. The smallest absolute Gasteiger partial charge is 0.0104 e. The molecule has 1 aliphatic heterocycles. The van der Waals surface area contributed by atoms with E-state index in [0.29, 0.717) is 6.04 Å². The van der Waals surface area contributed by atoms with Gasteiger partial charge < -0.3 is 5.32 Å². The van der Waals surface area contributed by atoms with Gasteiger partial charge in [-0.15, -0.1) is 0 Å². The molecule has 0 bridgehead atoms. The highest BCUT2D eigenvalue weighted by atomic mass is 14.9. The van der Waals surface area contributed by atoms with Crippen LogP contribution in [0.5, 0.6) is 0 Å². The minimum absolute atomic E-state index is 0.704. The molecular formula is C12H21N. The SMILES string of the molecule is C=C/C=C\C[C@@H]1C[C@H](CC)CCN1. The van der Waals surface area contributed by atoms with Crippen LogP contribution < -0.4 is 5.32 Å². The quantitative estimate of drug-likeness (QED) is 0.654. The van der Waals surface area contributed by atoms with Gasteiger partial charge in [0.1, 0.15) is 0 Å². The predicted molar refractivity (Wildman–Crippen MR) is 58.8 cm³/mol. The van der Waals surface area contributed by atoms with Gasteiger partial charge >= 0.3 is 0 Å². The van der Waals surface area contributed by atoms with Gasteiger partial charge in [0.2, 0.25) is 0 Å². The second kappa shape index (κ2) is 5.98. The Labute approximate surface area is 81.9 Å². The molecule has 1 fully saturated rings. The van der Waals surface area contributed by atoms with Crippen LogP contribution in [0.3, 0.4) is 0 Å². The monoisotopic (exact) mass is 179 g/mol. The summed E-state index contributed by atoms with van der Waals surface area (Å²) in [6.07, 6.45) is 11.3. The molecule has 0 spiro atoms. The Morgan fingerprint density at radius 3 is 3.08 bits per heavy atom. The highest BCUT2D eigenvalue weighted by molar-refractivity contribution is 4.99. The van der Waals surface area contributed by atoms with Crippen molar-refractivity contribution in [2.24, 2.45) is 5.92 Å². The molecule has 13 heavy (non-hydrogen) atoms. The van der Waals surface area contributed by atoms with Gasteiger partial charge in [0, 0.05) is 6.04 Å². The molecular weight excluding hydrogens is 158 g/mol. The number of hydrogen-bond donors (Lipinski definition) is 1. The number of rotatable bonds is 4. The maximum atomic E-state index is 3.67. The molecule has 0 radical (unpaired) electrons. The molecule has 0 aromatic rings. The molecule has 0 unspecified atom stereocenters. The number of nitrogens with one attached hydrogen (secondary N) is 1. The lowest BCUT2D eigenvalue weighted by atomic mass is 9.89. The summed E-state index contributed by atoms with van der Waals surface area (Å²) >= 11 is 0. The number of piperidine rings is 1. The molecule has 1 N–H and O–H groups in total. The average molecular weight is 179 g/mol. The van der Waals surface area contributed by atoms with Crippen molar-refractivity contribution in [1.82, 2.24) is 5.32 Å². The summed E-state index contributed by atoms with van der Waals surface area (Å²) < 4.78 is 0. The van der Waals surface area contributed by atoms with Crippen molar-refractivity contribution < 1.29 is 0 Å². The fraction of sp³-hybridized carbons (Fsp3) is 0.667. The molecule has 1 heteroatoms. The molecule has 1 saturated heterocycles. The normalized spacial score (nSPS) is 29.3. The van der Waals surface area contributed by atoms with Gasteiger partial charge in [0.05, 0.1) is 0 Å². The van der Waals surface area contributed by atoms with Crippen LogP contribution in [0.2, 0.25) is 0 Å². The van der Waals surface area contributed by atoms with E-state index in [2.05, 4.69) is 24.9 Å². The Morgan fingerprint density at radius 1 is 1.54 bits per heavy atom. The second-order valence-corrected chi connectivity index (χ2v) is 3.85. The first kappa shape index (κ1) is 10.5.